The Morgan fingerprint density at radius 2 is 2.03 bits per heavy atom. The quantitative estimate of drug-likeness (QED) is 0.641. The number of hydrogen-bond donors (Lipinski definition) is 3. The maximum atomic E-state index is 13.5. The van der Waals surface area contributed by atoms with Gasteiger partial charge in [0.25, 0.3) is 11.8 Å². The van der Waals surface area contributed by atoms with Crippen LogP contribution in [0.5, 0.6) is 0 Å². The van der Waals surface area contributed by atoms with Gasteiger partial charge in [0.05, 0.1) is 11.9 Å². The van der Waals surface area contributed by atoms with Crippen LogP contribution in [0.4, 0.5) is 13.2 Å². The van der Waals surface area contributed by atoms with Gasteiger partial charge in [0.2, 0.25) is 5.91 Å². The van der Waals surface area contributed by atoms with Gasteiger partial charge < -0.3 is 20.6 Å². The lowest BCUT2D eigenvalue weighted by atomic mass is 10.0. The van der Waals surface area contributed by atoms with Crippen molar-refractivity contribution < 1.29 is 32.7 Å². The number of amides is 3. The lowest BCUT2D eigenvalue weighted by molar-refractivity contribution is -0.156. The van der Waals surface area contributed by atoms with Crippen LogP contribution in [0, 0.1) is 0 Å². The van der Waals surface area contributed by atoms with Crippen LogP contribution in [-0.2, 0) is 11.3 Å². The smallest absolute Gasteiger partial charge is 0.374 e. The first-order valence-corrected chi connectivity index (χ1v) is 9.71. The van der Waals surface area contributed by atoms with Gasteiger partial charge in [0.1, 0.15) is 12.3 Å². The molecule has 168 valence electrons. The third kappa shape index (κ3) is 4.13. The maximum absolute atomic E-state index is 13.5. The Balaban J connectivity index is 1.53. The molecule has 3 atom stereocenters. The molecule has 1 saturated heterocycles. The van der Waals surface area contributed by atoms with E-state index in [1.807, 2.05) is 5.32 Å². The summed E-state index contributed by atoms with van der Waals surface area (Å²) in [7, 11) is 0. The zero-order valence-electron chi connectivity index (χ0n) is 16.5. The van der Waals surface area contributed by atoms with Crippen molar-refractivity contribution in [3.8, 4) is 0 Å². The van der Waals surface area contributed by atoms with E-state index in [1.165, 1.54) is 29.3 Å². The predicted molar refractivity (Wildman–Crippen MR) is 102 cm³/mol. The lowest BCUT2D eigenvalue weighted by Crippen LogP contribution is -2.54. The lowest BCUT2D eigenvalue weighted by Gasteiger charge is -2.32. The number of nitrogens with zero attached hydrogens (tertiary/aromatic N) is 3. The van der Waals surface area contributed by atoms with Crippen molar-refractivity contribution in [2.75, 3.05) is 0 Å². The molecule has 3 heterocycles. The standard InChI is InChI=1S/C20H18F3N5O4/c21-20(22,23)16(13-8-24-5-6-25-13)27-17(30)10-1-2-12-11(7-10)9-28(19(12)32)14-3-4-15(29)26-18(14)31/h1-2,5-8,14-16,29H,3-4,9H2,(H,26,31)(H,27,30)/t14?,15?,16-/m1/s1. The van der Waals surface area contributed by atoms with Crippen LogP contribution in [0.25, 0.3) is 0 Å². The maximum Gasteiger partial charge on any atom is 0.414 e. The second-order valence-corrected chi connectivity index (χ2v) is 7.50. The van der Waals surface area contributed by atoms with Crippen molar-refractivity contribution in [3.05, 3.63) is 59.2 Å². The number of piperidine rings is 1. The highest BCUT2D eigenvalue weighted by atomic mass is 19.4. The summed E-state index contributed by atoms with van der Waals surface area (Å²) >= 11 is 0. The molecule has 1 fully saturated rings. The first-order valence-electron chi connectivity index (χ1n) is 9.71. The Kier molecular flexibility index (Phi) is 5.55. The molecule has 4 rings (SSSR count). The Labute approximate surface area is 179 Å². The molecule has 1 aromatic heterocycles. The second-order valence-electron chi connectivity index (χ2n) is 7.50. The molecular formula is C20H18F3N5O4. The molecule has 0 radical (unpaired) electrons. The number of benzene rings is 1. The zero-order chi connectivity index (χ0) is 23.0. The second kappa shape index (κ2) is 8.19. The number of halogens is 3. The van der Waals surface area contributed by atoms with Gasteiger partial charge in [0, 0.05) is 30.1 Å². The number of hydrogen-bond acceptors (Lipinski definition) is 6. The predicted octanol–water partition coefficient (Wildman–Crippen LogP) is 1.06. The monoisotopic (exact) mass is 449 g/mol. The Morgan fingerprint density at radius 1 is 1.25 bits per heavy atom. The first kappa shape index (κ1) is 21.7. The summed E-state index contributed by atoms with van der Waals surface area (Å²) in [4.78, 5) is 46.0. The van der Waals surface area contributed by atoms with E-state index in [4.69, 9.17) is 0 Å². The molecular weight excluding hydrogens is 431 g/mol. The molecule has 2 unspecified atom stereocenters. The number of nitrogens with one attached hydrogen (secondary N) is 2. The number of aromatic nitrogens is 2. The Hall–Kier alpha value is -3.54. The normalized spacial score (nSPS) is 21.7. The van der Waals surface area contributed by atoms with Gasteiger partial charge in [-0.15, -0.1) is 0 Å². The summed E-state index contributed by atoms with van der Waals surface area (Å²) in [5.74, 6) is -1.90. The van der Waals surface area contributed by atoms with E-state index >= 15 is 0 Å². The van der Waals surface area contributed by atoms with Crippen molar-refractivity contribution in [1.82, 2.24) is 25.5 Å². The molecule has 2 aliphatic heterocycles. The van der Waals surface area contributed by atoms with Crippen molar-refractivity contribution in [2.24, 2.45) is 0 Å². The number of alkyl halides is 3. The highest BCUT2D eigenvalue weighted by molar-refractivity contribution is 6.03. The van der Waals surface area contributed by atoms with E-state index in [2.05, 4.69) is 15.3 Å². The summed E-state index contributed by atoms with van der Waals surface area (Å²) in [5.41, 5.74) is 0.160. The molecule has 12 heteroatoms. The van der Waals surface area contributed by atoms with Gasteiger partial charge >= 0.3 is 6.18 Å². The van der Waals surface area contributed by atoms with Gasteiger partial charge in [0.15, 0.2) is 6.04 Å². The Morgan fingerprint density at radius 3 is 2.69 bits per heavy atom. The fourth-order valence-electron chi connectivity index (χ4n) is 3.81. The van der Waals surface area contributed by atoms with Crippen LogP contribution in [0.1, 0.15) is 50.9 Å². The van der Waals surface area contributed by atoms with Crippen molar-refractivity contribution in [1.29, 1.82) is 0 Å². The Bertz CT molecular complexity index is 1060. The fourth-order valence-corrected chi connectivity index (χ4v) is 3.81. The van der Waals surface area contributed by atoms with Gasteiger partial charge in [-0.25, -0.2) is 0 Å². The van der Waals surface area contributed by atoms with Crippen LogP contribution >= 0.6 is 0 Å². The van der Waals surface area contributed by atoms with Crippen LogP contribution in [-0.4, -0.2) is 56.1 Å². The van der Waals surface area contributed by atoms with Gasteiger partial charge in [-0.2, -0.15) is 13.2 Å². The minimum atomic E-state index is -4.80. The molecule has 0 saturated carbocycles. The molecule has 0 spiro atoms. The number of fused-ring (bicyclic) bond motifs is 1. The fraction of sp³-hybridized carbons (Fsp3) is 0.350. The molecule has 2 aliphatic rings. The number of rotatable bonds is 4. The van der Waals surface area contributed by atoms with Crippen LogP contribution < -0.4 is 10.6 Å². The van der Waals surface area contributed by atoms with E-state index in [1.54, 1.807) is 0 Å². The minimum Gasteiger partial charge on any atom is -0.374 e. The van der Waals surface area contributed by atoms with Crippen LogP contribution in [0.2, 0.25) is 0 Å². The van der Waals surface area contributed by atoms with E-state index in [0.717, 1.165) is 12.4 Å². The summed E-state index contributed by atoms with van der Waals surface area (Å²) in [6.45, 7) is 0.0241. The molecule has 3 amide bonds. The average molecular weight is 449 g/mol. The van der Waals surface area contributed by atoms with Gasteiger partial charge in [-0.1, -0.05) is 0 Å². The summed E-state index contributed by atoms with van der Waals surface area (Å²) in [6.07, 6.45) is -1.98. The van der Waals surface area contributed by atoms with Crippen molar-refractivity contribution in [3.63, 3.8) is 0 Å². The van der Waals surface area contributed by atoms with Crippen LogP contribution in [0.15, 0.2) is 36.8 Å². The van der Waals surface area contributed by atoms with E-state index in [-0.39, 0.29) is 30.5 Å². The third-order valence-electron chi connectivity index (χ3n) is 5.38. The van der Waals surface area contributed by atoms with Gasteiger partial charge in [-0.3, -0.25) is 24.4 Å². The van der Waals surface area contributed by atoms with E-state index < -0.39 is 47.9 Å². The number of carbonyl (C=O) groups excluding carboxylic acids is 3. The SMILES string of the molecule is O=C(N[C@H](c1cnccn1)C(F)(F)F)c1ccc2c(c1)CN(C1CCC(O)NC1=O)C2=O. The van der Waals surface area contributed by atoms with E-state index in [9.17, 15) is 32.7 Å². The number of aliphatic hydroxyl groups excluding tert-OH is 1. The molecule has 9 nitrogen and oxygen atoms in total. The molecule has 1 aromatic carbocycles. The highest BCUT2D eigenvalue weighted by Crippen LogP contribution is 2.32. The van der Waals surface area contributed by atoms with Crippen molar-refractivity contribution in [2.45, 2.75) is 43.9 Å². The zero-order valence-corrected chi connectivity index (χ0v) is 16.5. The number of carbonyl (C=O) groups is 3. The molecule has 0 aliphatic carbocycles. The highest BCUT2D eigenvalue weighted by Gasteiger charge is 2.44. The summed E-state index contributed by atoms with van der Waals surface area (Å²) in [6, 6.07) is 0.814. The van der Waals surface area contributed by atoms with E-state index in [0.29, 0.717) is 5.56 Å². The molecule has 0 bridgehead atoms. The summed E-state index contributed by atoms with van der Waals surface area (Å²) < 4.78 is 40.5. The molecule has 3 N–H and O–H groups in total. The topological polar surface area (TPSA) is 125 Å². The number of aliphatic hydroxyl groups is 1. The first-order chi connectivity index (χ1) is 15.1. The minimum absolute atomic E-state index is 0.0241. The molecule has 2 aromatic rings. The summed E-state index contributed by atoms with van der Waals surface area (Å²) in [5, 5.41) is 13.8. The third-order valence-corrected chi connectivity index (χ3v) is 5.38. The molecule has 32 heavy (non-hydrogen) atoms. The largest absolute Gasteiger partial charge is 0.414 e. The average Bonchev–Trinajstić information content (AvgIpc) is 3.07. The van der Waals surface area contributed by atoms with Gasteiger partial charge in [-0.05, 0) is 36.6 Å². The van der Waals surface area contributed by atoms with Crippen molar-refractivity contribution >= 4 is 17.7 Å². The van der Waals surface area contributed by atoms with Crippen LogP contribution in [0.3, 0.4) is 0 Å².